The van der Waals surface area contributed by atoms with Crippen molar-refractivity contribution in [3.8, 4) is 5.69 Å². The molecule has 0 amide bonds. The number of H-pyrrole nitrogens is 1. The molecule has 1 N–H and O–H groups in total. The summed E-state index contributed by atoms with van der Waals surface area (Å²) in [6.45, 7) is 1.74. The van der Waals surface area contributed by atoms with Gasteiger partial charge in [0, 0.05) is 12.1 Å². The van der Waals surface area contributed by atoms with E-state index in [2.05, 4.69) is 4.98 Å². The highest BCUT2D eigenvalue weighted by Gasteiger charge is 2.13. The summed E-state index contributed by atoms with van der Waals surface area (Å²) in [5.74, 6) is 0. The van der Waals surface area contributed by atoms with Crippen molar-refractivity contribution in [3.05, 3.63) is 65.9 Å². The van der Waals surface area contributed by atoms with Gasteiger partial charge in [0.05, 0.1) is 16.2 Å². The third-order valence-corrected chi connectivity index (χ3v) is 3.14. The fourth-order valence-corrected chi connectivity index (χ4v) is 2.11. The van der Waals surface area contributed by atoms with Crippen molar-refractivity contribution < 1.29 is 4.92 Å². The van der Waals surface area contributed by atoms with Crippen LogP contribution in [0.1, 0.15) is 12.5 Å². The van der Waals surface area contributed by atoms with Crippen molar-refractivity contribution in [1.82, 2.24) is 9.55 Å². The second-order valence-corrected chi connectivity index (χ2v) is 4.37. The second kappa shape index (κ2) is 5.30. The second-order valence-electron chi connectivity index (χ2n) is 3.99. The summed E-state index contributed by atoms with van der Waals surface area (Å²) in [5.41, 5.74) is -0.818. The first-order valence-electron chi connectivity index (χ1n) is 5.74. The molecule has 0 unspecified atom stereocenters. The van der Waals surface area contributed by atoms with Crippen LogP contribution in [0.3, 0.4) is 0 Å². The zero-order valence-corrected chi connectivity index (χ0v) is 11.2. The number of aromatic nitrogens is 2. The van der Waals surface area contributed by atoms with Gasteiger partial charge in [-0.05, 0) is 18.6 Å². The van der Waals surface area contributed by atoms with Crippen LogP contribution in [-0.2, 0) is 6.42 Å². The van der Waals surface area contributed by atoms with E-state index in [0.717, 1.165) is 4.57 Å². The van der Waals surface area contributed by atoms with Gasteiger partial charge in [-0.1, -0.05) is 18.5 Å². The lowest BCUT2D eigenvalue weighted by molar-refractivity contribution is -0.384. The fraction of sp³-hybridized carbons (Fsp3) is 0.167. The average Bonchev–Trinajstić information content (AvgIpc) is 2.39. The van der Waals surface area contributed by atoms with Gasteiger partial charge in [-0.2, -0.15) is 0 Å². The highest BCUT2D eigenvalue weighted by Crippen LogP contribution is 2.14. The molecule has 0 bridgehead atoms. The van der Waals surface area contributed by atoms with E-state index in [-0.39, 0.29) is 22.1 Å². The van der Waals surface area contributed by atoms with E-state index in [1.54, 1.807) is 6.92 Å². The minimum atomic E-state index is -0.689. The monoisotopic (exact) mass is 295 g/mol. The van der Waals surface area contributed by atoms with E-state index in [0.29, 0.717) is 6.42 Å². The third kappa shape index (κ3) is 2.35. The number of nitro groups is 1. The van der Waals surface area contributed by atoms with Crippen molar-refractivity contribution in [1.29, 1.82) is 0 Å². The van der Waals surface area contributed by atoms with Crippen LogP contribution >= 0.6 is 11.6 Å². The molecule has 0 aliphatic heterocycles. The van der Waals surface area contributed by atoms with Crippen molar-refractivity contribution in [3.63, 3.8) is 0 Å². The molecule has 2 rings (SSSR count). The van der Waals surface area contributed by atoms with E-state index >= 15 is 0 Å². The van der Waals surface area contributed by atoms with E-state index in [1.807, 2.05) is 0 Å². The summed E-state index contributed by atoms with van der Waals surface area (Å²) in [4.78, 5) is 36.4. The zero-order chi connectivity index (χ0) is 14.9. The zero-order valence-electron chi connectivity index (χ0n) is 10.4. The van der Waals surface area contributed by atoms with Gasteiger partial charge >= 0.3 is 5.69 Å². The number of nitrogens with one attached hydrogen (secondary N) is 1. The Morgan fingerprint density at radius 2 is 1.90 bits per heavy atom. The summed E-state index contributed by atoms with van der Waals surface area (Å²) in [7, 11) is 0. The van der Waals surface area contributed by atoms with Crippen LogP contribution in [0.5, 0.6) is 0 Å². The number of benzene rings is 1. The maximum absolute atomic E-state index is 12.2. The first-order chi connectivity index (χ1) is 9.45. The Hall–Kier alpha value is -2.41. The first-order valence-corrected chi connectivity index (χ1v) is 6.12. The molecule has 7 nitrogen and oxygen atoms in total. The maximum atomic E-state index is 12.2. The average molecular weight is 296 g/mol. The molecular weight excluding hydrogens is 286 g/mol. The highest BCUT2D eigenvalue weighted by atomic mass is 35.5. The normalized spacial score (nSPS) is 10.5. The fourth-order valence-electron chi connectivity index (χ4n) is 1.81. The van der Waals surface area contributed by atoms with Gasteiger partial charge in [0.25, 0.3) is 11.2 Å². The Morgan fingerprint density at radius 3 is 2.40 bits per heavy atom. The minimum absolute atomic E-state index is 0.0145. The lowest BCUT2D eigenvalue weighted by atomic mass is 10.2. The summed E-state index contributed by atoms with van der Waals surface area (Å²) in [6.07, 6.45) is 0.363. The molecule has 2 aromatic rings. The Labute approximate surface area is 117 Å². The molecule has 104 valence electrons. The van der Waals surface area contributed by atoms with Crippen molar-refractivity contribution in [2.45, 2.75) is 13.3 Å². The SMILES string of the molecule is CCc1c(Cl)[nH]c(=O)n(-c2ccc([N+](=O)[O-])cc2)c1=O. The molecule has 0 fully saturated rings. The molecule has 0 aliphatic carbocycles. The summed E-state index contributed by atoms with van der Waals surface area (Å²) in [6, 6.07) is 5.12. The van der Waals surface area contributed by atoms with Crippen molar-refractivity contribution in [2.75, 3.05) is 0 Å². The molecule has 20 heavy (non-hydrogen) atoms. The van der Waals surface area contributed by atoms with Gasteiger partial charge in [0.15, 0.2) is 0 Å². The Bertz CT molecular complexity index is 777. The molecule has 1 aromatic carbocycles. The minimum Gasteiger partial charge on any atom is -0.297 e. The molecule has 0 saturated heterocycles. The topological polar surface area (TPSA) is 98.0 Å². The summed E-state index contributed by atoms with van der Waals surface area (Å²) in [5, 5.41) is 10.6. The van der Waals surface area contributed by atoms with Crippen molar-refractivity contribution in [2.24, 2.45) is 0 Å². The largest absolute Gasteiger partial charge is 0.334 e. The van der Waals surface area contributed by atoms with Crippen LogP contribution in [-0.4, -0.2) is 14.5 Å². The van der Waals surface area contributed by atoms with Crippen LogP contribution in [0.4, 0.5) is 5.69 Å². The molecule has 0 saturated carbocycles. The lowest BCUT2D eigenvalue weighted by Crippen LogP contribution is -2.36. The van der Waals surface area contributed by atoms with Gasteiger partial charge in [-0.25, -0.2) is 9.36 Å². The number of hydrogen-bond acceptors (Lipinski definition) is 4. The molecular formula is C12H10ClN3O4. The van der Waals surface area contributed by atoms with Gasteiger partial charge in [0.2, 0.25) is 0 Å². The van der Waals surface area contributed by atoms with Crippen LogP contribution in [0.25, 0.3) is 5.69 Å². The smallest absolute Gasteiger partial charge is 0.297 e. The van der Waals surface area contributed by atoms with E-state index in [4.69, 9.17) is 11.6 Å². The van der Waals surface area contributed by atoms with E-state index in [9.17, 15) is 19.7 Å². The predicted octanol–water partition coefficient (Wildman–Crippen LogP) is 1.65. The number of non-ortho nitro benzene ring substituents is 1. The molecule has 8 heteroatoms. The maximum Gasteiger partial charge on any atom is 0.334 e. The molecule has 0 aliphatic rings. The standard InChI is InChI=1S/C12H10ClN3O4/c1-2-9-10(13)14-12(18)15(11(9)17)7-3-5-8(6-4-7)16(19)20/h3-6H,2H2,1H3,(H,14,18). The van der Waals surface area contributed by atoms with Gasteiger partial charge in [-0.3, -0.25) is 19.9 Å². The number of aromatic amines is 1. The van der Waals surface area contributed by atoms with Crippen LogP contribution < -0.4 is 11.2 Å². The Morgan fingerprint density at radius 1 is 1.30 bits per heavy atom. The van der Waals surface area contributed by atoms with Gasteiger partial charge in [-0.15, -0.1) is 0 Å². The summed E-state index contributed by atoms with van der Waals surface area (Å²) >= 11 is 5.80. The predicted molar refractivity (Wildman–Crippen MR) is 73.7 cm³/mol. The molecule has 0 radical (unpaired) electrons. The summed E-state index contributed by atoms with van der Waals surface area (Å²) < 4.78 is 0.897. The quantitative estimate of drug-likeness (QED) is 0.529. The lowest BCUT2D eigenvalue weighted by Gasteiger charge is -2.07. The number of hydrogen-bond donors (Lipinski definition) is 1. The number of halogens is 1. The Kier molecular flexibility index (Phi) is 3.71. The molecule has 0 atom stereocenters. The molecule has 1 heterocycles. The molecule has 0 spiro atoms. The molecule has 1 aromatic heterocycles. The highest BCUT2D eigenvalue weighted by molar-refractivity contribution is 6.30. The van der Waals surface area contributed by atoms with Crippen LogP contribution in [0.15, 0.2) is 33.9 Å². The first kappa shape index (κ1) is 14.0. The van der Waals surface area contributed by atoms with Crippen LogP contribution in [0.2, 0.25) is 5.15 Å². The van der Waals surface area contributed by atoms with Crippen LogP contribution in [0, 0.1) is 10.1 Å². The third-order valence-electron chi connectivity index (χ3n) is 2.82. The van der Waals surface area contributed by atoms with Gasteiger partial charge in [0.1, 0.15) is 5.15 Å². The van der Waals surface area contributed by atoms with E-state index < -0.39 is 16.2 Å². The Balaban J connectivity index is 2.67. The van der Waals surface area contributed by atoms with Gasteiger partial charge < -0.3 is 0 Å². The number of rotatable bonds is 3. The van der Waals surface area contributed by atoms with E-state index in [1.165, 1.54) is 24.3 Å². The number of nitro benzene ring substituents is 1. The van der Waals surface area contributed by atoms with Crippen molar-refractivity contribution >= 4 is 17.3 Å². The number of nitrogens with zero attached hydrogens (tertiary/aromatic N) is 2.